The summed E-state index contributed by atoms with van der Waals surface area (Å²) >= 11 is 1.60. The highest BCUT2D eigenvalue weighted by Crippen LogP contribution is 2.30. The Hall–Kier alpha value is -3.05. The molecule has 0 fully saturated rings. The topological polar surface area (TPSA) is 52.1 Å². The lowest BCUT2D eigenvalue weighted by Gasteiger charge is -2.03. The van der Waals surface area contributed by atoms with Crippen molar-refractivity contribution in [3.8, 4) is 21.8 Å². The summed E-state index contributed by atoms with van der Waals surface area (Å²) in [6.07, 6.45) is 1.53. The second-order valence-corrected chi connectivity index (χ2v) is 6.39. The Bertz CT molecular complexity index is 1060. The summed E-state index contributed by atoms with van der Waals surface area (Å²) in [4.78, 5) is 20.8. The van der Waals surface area contributed by atoms with Crippen molar-refractivity contribution in [2.24, 2.45) is 0 Å². The molecule has 4 nitrogen and oxygen atoms in total. The average molecular weight is 346 g/mol. The Balaban J connectivity index is 1.74. The van der Waals surface area contributed by atoms with Crippen molar-refractivity contribution in [3.05, 3.63) is 71.7 Å². The Morgan fingerprint density at radius 3 is 2.68 bits per heavy atom. The van der Waals surface area contributed by atoms with Gasteiger partial charge in [-0.15, -0.1) is 11.3 Å². The highest BCUT2D eigenvalue weighted by atomic mass is 32.1. The fraction of sp³-hybridized carbons (Fsp3) is 0.0500. The molecule has 0 atom stereocenters. The number of pyridine rings is 1. The molecule has 4 rings (SSSR count). The van der Waals surface area contributed by atoms with Crippen LogP contribution in [0.4, 0.5) is 0 Å². The van der Waals surface area contributed by atoms with Crippen LogP contribution in [-0.2, 0) is 4.74 Å². The molecule has 122 valence electrons. The van der Waals surface area contributed by atoms with Crippen LogP contribution < -0.4 is 0 Å². The van der Waals surface area contributed by atoms with E-state index in [1.807, 2.05) is 48.5 Å². The molecule has 0 spiro atoms. The van der Waals surface area contributed by atoms with E-state index in [0.29, 0.717) is 5.56 Å². The molecule has 0 radical (unpaired) electrons. The number of rotatable bonds is 3. The zero-order valence-corrected chi connectivity index (χ0v) is 14.3. The van der Waals surface area contributed by atoms with Crippen LogP contribution in [0.2, 0.25) is 0 Å². The van der Waals surface area contributed by atoms with Gasteiger partial charge in [0.15, 0.2) is 0 Å². The maximum Gasteiger partial charge on any atom is 0.339 e. The normalized spacial score (nSPS) is 10.8. The molecule has 5 heteroatoms. The van der Waals surface area contributed by atoms with Gasteiger partial charge in [-0.05, 0) is 24.3 Å². The van der Waals surface area contributed by atoms with E-state index in [-0.39, 0.29) is 5.97 Å². The van der Waals surface area contributed by atoms with E-state index in [0.717, 1.165) is 32.7 Å². The minimum absolute atomic E-state index is 0.389. The predicted octanol–water partition coefficient (Wildman–Crippen LogP) is 4.81. The second kappa shape index (κ2) is 6.45. The van der Waals surface area contributed by atoms with Crippen molar-refractivity contribution in [3.63, 3.8) is 0 Å². The van der Waals surface area contributed by atoms with Crippen LogP contribution in [0.5, 0.6) is 0 Å². The van der Waals surface area contributed by atoms with Crippen molar-refractivity contribution in [2.75, 3.05) is 7.11 Å². The van der Waals surface area contributed by atoms with E-state index >= 15 is 0 Å². The van der Waals surface area contributed by atoms with Crippen LogP contribution in [0.25, 0.3) is 32.7 Å². The lowest BCUT2D eigenvalue weighted by Crippen LogP contribution is -2.01. The summed E-state index contributed by atoms with van der Waals surface area (Å²) in [5.74, 6) is -0.389. The first kappa shape index (κ1) is 15.5. The van der Waals surface area contributed by atoms with Crippen molar-refractivity contribution >= 4 is 28.2 Å². The molecule has 0 unspecified atom stereocenters. The molecule has 25 heavy (non-hydrogen) atoms. The molecule has 0 amide bonds. The summed E-state index contributed by atoms with van der Waals surface area (Å²) in [5.41, 5.74) is 4.33. The van der Waals surface area contributed by atoms with Gasteiger partial charge in [0.2, 0.25) is 0 Å². The average Bonchev–Trinajstić information content (AvgIpc) is 3.17. The minimum Gasteiger partial charge on any atom is -0.465 e. The number of hydrogen-bond acceptors (Lipinski definition) is 5. The zero-order chi connectivity index (χ0) is 17.2. The van der Waals surface area contributed by atoms with E-state index in [9.17, 15) is 4.79 Å². The van der Waals surface area contributed by atoms with E-state index in [4.69, 9.17) is 9.72 Å². The van der Waals surface area contributed by atoms with Crippen molar-refractivity contribution < 1.29 is 9.53 Å². The van der Waals surface area contributed by atoms with Gasteiger partial charge in [0.1, 0.15) is 5.01 Å². The largest absolute Gasteiger partial charge is 0.465 e. The molecule has 0 saturated heterocycles. The zero-order valence-electron chi connectivity index (χ0n) is 13.5. The van der Waals surface area contributed by atoms with Crippen LogP contribution in [0.15, 0.2) is 66.2 Å². The third-order valence-electron chi connectivity index (χ3n) is 3.92. The van der Waals surface area contributed by atoms with Gasteiger partial charge in [-0.25, -0.2) is 9.78 Å². The molecule has 0 aliphatic carbocycles. The lowest BCUT2D eigenvalue weighted by atomic mass is 10.1. The number of carbonyl (C=O) groups excluding carboxylic acids is 1. The quantitative estimate of drug-likeness (QED) is 0.499. The molecule has 0 saturated carbocycles. The monoisotopic (exact) mass is 346 g/mol. The fourth-order valence-electron chi connectivity index (χ4n) is 2.64. The lowest BCUT2D eigenvalue weighted by molar-refractivity contribution is 0.0600. The Morgan fingerprint density at radius 1 is 1.04 bits per heavy atom. The van der Waals surface area contributed by atoms with E-state index in [2.05, 4.69) is 10.4 Å². The van der Waals surface area contributed by atoms with Gasteiger partial charge in [0, 0.05) is 28.1 Å². The van der Waals surface area contributed by atoms with Crippen LogP contribution >= 0.6 is 11.3 Å². The number of hydrogen-bond donors (Lipinski definition) is 0. The fourth-order valence-corrected chi connectivity index (χ4v) is 3.47. The first-order valence-electron chi connectivity index (χ1n) is 7.74. The summed E-state index contributed by atoms with van der Waals surface area (Å²) in [6, 6.07) is 17.8. The van der Waals surface area contributed by atoms with E-state index in [1.165, 1.54) is 13.3 Å². The van der Waals surface area contributed by atoms with Gasteiger partial charge >= 0.3 is 5.97 Å². The van der Waals surface area contributed by atoms with Crippen molar-refractivity contribution in [1.29, 1.82) is 0 Å². The number of nitrogens with zero attached hydrogens (tertiary/aromatic N) is 2. The highest BCUT2D eigenvalue weighted by Gasteiger charge is 2.10. The third kappa shape index (κ3) is 3.02. The van der Waals surface area contributed by atoms with Crippen molar-refractivity contribution in [2.45, 2.75) is 0 Å². The van der Waals surface area contributed by atoms with Crippen LogP contribution in [0.1, 0.15) is 10.4 Å². The maximum absolute atomic E-state index is 11.7. The molecule has 0 aliphatic rings. The van der Waals surface area contributed by atoms with Gasteiger partial charge in [-0.3, -0.25) is 4.98 Å². The van der Waals surface area contributed by atoms with Crippen molar-refractivity contribution in [1.82, 2.24) is 9.97 Å². The molecule has 2 aromatic heterocycles. The van der Waals surface area contributed by atoms with E-state index in [1.54, 1.807) is 17.4 Å². The highest BCUT2D eigenvalue weighted by molar-refractivity contribution is 7.13. The van der Waals surface area contributed by atoms with Crippen LogP contribution in [-0.4, -0.2) is 23.0 Å². The number of ether oxygens (including phenoxy) is 1. The number of aromatic nitrogens is 2. The Morgan fingerprint density at radius 2 is 1.88 bits per heavy atom. The number of methoxy groups -OCH3 is 1. The van der Waals surface area contributed by atoms with Gasteiger partial charge in [-0.1, -0.05) is 30.3 Å². The summed E-state index contributed by atoms with van der Waals surface area (Å²) in [5, 5.41) is 3.87. The number of carbonyl (C=O) groups is 1. The molecular formula is C20H14N2O2S. The molecule has 2 aromatic carbocycles. The van der Waals surface area contributed by atoms with E-state index < -0.39 is 0 Å². The smallest absolute Gasteiger partial charge is 0.339 e. The number of fused-ring (bicyclic) bond motifs is 1. The standard InChI is InChI=1S/C20H14N2O2S/c1-24-20(23)16-10-15-9-14(7-8-17(15)21-11-16)19-22-18(12-25-19)13-5-3-2-4-6-13/h2-12H,1H3. The first-order chi connectivity index (χ1) is 12.2. The SMILES string of the molecule is COC(=O)c1cnc2ccc(-c3nc(-c4ccccc4)cs3)cc2c1. The summed E-state index contributed by atoms with van der Waals surface area (Å²) in [7, 11) is 1.36. The molecule has 0 bridgehead atoms. The number of esters is 1. The van der Waals surface area contributed by atoms with Crippen LogP contribution in [0.3, 0.4) is 0 Å². The Kier molecular flexibility index (Phi) is 3.99. The molecule has 4 aromatic rings. The summed E-state index contributed by atoms with van der Waals surface area (Å²) < 4.78 is 4.76. The maximum atomic E-state index is 11.7. The second-order valence-electron chi connectivity index (χ2n) is 5.53. The van der Waals surface area contributed by atoms with Gasteiger partial charge in [0.25, 0.3) is 0 Å². The number of benzene rings is 2. The number of thiazole rings is 1. The predicted molar refractivity (Wildman–Crippen MR) is 99.6 cm³/mol. The van der Waals surface area contributed by atoms with Gasteiger partial charge < -0.3 is 4.74 Å². The Labute approximate surface area is 148 Å². The molecule has 0 aliphatic heterocycles. The molecule has 0 N–H and O–H groups in total. The first-order valence-corrected chi connectivity index (χ1v) is 8.62. The summed E-state index contributed by atoms with van der Waals surface area (Å²) in [6.45, 7) is 0. The molecule has 2 heterocycles. The van der Waals surface area contributed by atoms with Crippen LogP contribution in [0, 0.1) is 0 Å². The molecular weight excluding hydrogens is 332 g/mol. The van der Waals surface area contributed by atoms with Gasteiger partial charge in [-0.2, -0.15) is 0 Å². The third-order valence-corrected chi connectivity index (χ3v) is 4.81. The van der Waals surface area contributed by atoms with Gasteiger partial charge in [0.05, 0.1) is 23.9 Å². The minimum atomic E-state index is -0.389.